The highest BCUT2D eigenvalue weighted by atomic mass is 32.2. The van der Waals surface area contributed by atoms with Crippen molar-refractivity contribution in [2.45, 2.75) is 29.4 Å². The molecule has 0 unspecified atom stereocenters. The Morgan fingerprint density at radius 2 is 0.630 bits per heavy atom. The van der Waals surface area contributed by atoms with Crippen molar-refractivity contribution in [3.8, 4) is 0 Å². The highest BCUT2D eigenvalue weighted by Gasteiger charge is 2.06. The fourth-order valence-corrected chi connectivity index (χ4v) is 5.35. The minimum atomic E-state index is 1.26. The Bertz CT molecular complexity index is 981. The van der Waals surface area contributed by atoms with E-state index in [1.54, 1.807) is 11.8 Å². The lowest BCUT2D eigenvalue weighted by molar-refractivity contribution is 1.23. The van der Waals surface area contributed by atoms with Crippen LogP contribution in [0.15, 0.2) is 139 Å². The van der Waals surface area contributed by atoms with Crippen LogP contribution in [-0.4, -0.2) is 0 Å². The van der Waals surface area contributed by atoms with Gasteiger partial charge in [-0.3, -0.25) is 0 Å². The fourth-order valence-electron chi connectivity index (χ4n) is 2.56. The summed E-state index contributed by atoms with van der Waals surface area (Å²) in [5, 5.41) is 0. The molecule has 0 aromatic heterocycles. The summed E-state index contributed by atoms with van der Waals surface area (Å²) in [4.78, 5) is 7.62. The molecule has 0 bridgehead atoms. The summed E-state index contributed by atoms with van der Waals surface area (Å²) >= 11 is 5.43. The van der Waals surface area contributed by atoms with Gasteiger partial charge in [0.2, 0.25) is 0 Å². The van der Waals surface area contributed by atoms with Crippen molar-refractivity contribution < 1.29 is 0 Å². The molecule has 0 amide bonds. The highest BCUT2D eigenvalue weighted by Crippen LogP contribution is 2.39. The second-order valence-corrected chi connectivity index (χ2v) is 9.23. The molecule has 132 valence electrons. The van der Waals surface area contributed by atoms with Crippen molar-refractivity contribution in [3.63, 3.8) is 0 Å². The van der Waals surface area contributed by atoms with Gasteiger partial charge in [-0.25, -0.2) is 0 Å². The minimum Gasteiger partial charge on any atom is -0.0901 e. The van der Waals surface area contributed by atoms with Gasteiger partial charge in [-0.2, -0.15) is 0 Å². The van der Waals surface area contributed by atoms with Gasteiger partial charge in [0.05, 0.1) is 0 Å². The second kappa shape index (κ2) is 9.23. The smallest absolute Gasteiger partial charge is 0.0261 e. The van der Waals surface area contributed by atoms with Crippen molar-refractivity contribution >= 4 is 35.3 Å². The fraction of sp³-hybridized carbons (Fsp3) is 0. The Morgan fingerprint density at radius 1 is 0.296 bits per heavy atom. The van der Waals surface area contributed by atoms with Gasteiger partial charge in [-0.15, -0.1) is 0 Å². The molecular weight excluding hydrogens is 384 g/mol. The standard InChI is InChI=1S/C24H18S3/c1-3-9-19(10-4-1)25-21-15-17-22(18-16-21)27-24-14-8-7-13-23(24)26-20-11-5-2-6-12-20/h1-18H. The molecule has 3 heteroatoms. The Kier molecular flexibility index (Phi) is 6.25. The van der Waals surface area contributed by atoms with E-state index in [0.717, 1.165) is 0 Å². The summed E-state index contributed by atoms with van der Waals surface area (Å²) in [5.74, 6) is 0. The average Bonchev–Trinajstić information content (AvgIpc) is 2.72. The van der Waals surface area contributed by atoms with Crippen LogP contribution >= 0.6 is 35.3 Å². The molecule has 4 rings (SSSR count). The molecule has 0 atom stereocenters. The summed E-state index contributed by atoms with van der Waals surface area (Å²) in [7, 11) is 0. The Labute approximate surface area is 173 Å². The van der Waals surface area contributed by atoms with E-state index in [1.807, 2.05) is 23.5 Å². The van der Waals surface area contributed by atoms with Crippen molar-refractivity contribution in [1.82, 2.24) is 0 Å². The maximum absolute atomic E-state index is 2.21. The summed E-state index contributed by atoms with van der Waals surface area (Å²) in [6.07, 6.45) is 0. The molecule has 0 N–H and O–H groups in total. The number of benzene rings is 4. The molecule has 0 aliphatic carbocycles. The Balaban J connectivity index is 1.48. The molecule has 0 nitrogen and oxygen atoms in total. The van der Waals surface area contributed by atoms with Gasteiger partial charge in [0.25, 0.3) is 0 Å². The van der Waals surface area contributed by atoms with Gasteiger partial charge in [-0.1, -0.05) is 83.8 Å². The van der Waals surface area contributed by atoms with Crippen LogP contribution in [-0.2, 0) is 0 Å². The summed E-state index contributed by atoms with van der Waals surface area (Å²) < 4.78 is 0. The maximum Gasteiger partial charge on any atom is 0.0261 e. The van der Waals surface area contributed by atoms with Gasteiger partial charge in [-0.05, 0) is 60.7 Å². The lowest BCUT2D eigenvalue weighted by Crippen LogP contribution is -1.80. The van der Waals surface area contributed by atoms with Crippen molar-refractivity contribution in [3.05, 3.63) is 109 Å². The third-order valence-electron chi connectivity index (χ3n) is 3.85. The largest absolute Gasteiger partial charge is 0.0901 e. The molecule has 4 aromatic carbocycles. The topological polar surface area (TPSA) is 0 Å². The van der Waals surface area contributed by atoms with E-state index in [0.29, 0.717) is 0 Å². The van der Waals surface area contributed by atoms with Crippen molar-refractivity contribution in [2.75, 3.05) is 0 Å². The minimum absolute atomic E-state index is 1.26. The zero-order valence-corrected chi connectivity index (χ0v) is 17.1. The molecular formula is C24H18S3. The summed E-state index contributed by atoms with van der Waals surface area (Å²) in [6, 6.07) is 38.4. The third kappa shape index (κ3) is 5.23. The number of hydrogen-bond acceptors (Lipinski definition) is 3. The molecule has 0 fully saturated rings. The zero-order chi connectivity index (χ0) is 18.3. The van der Waals surface area contributed by atoms with Crippen LogP contribution in [0.2, 0.25) is 0 Å². The van der Waals surface area contributed by atoms with Crippen LogP contribution in [0.3, 0.4) is 0 Å². The van der Waals surface area contributed by atoms with Crippen molar-refractivity contribution in [2.24, 2.45) is 0 Å². The second-order valence-electron chi connectivity index (χ2n) is 5.85. The van der Waals surface area contributed by atoms with E-state index >= 15 is 0 Å². The summed E-state index contributed by atoms with van der Waals surface area (Å²) in [6.45, 7) is 0. The molecule has 0 saturated carbocycles. The first-order valence-electron chi connectivity index (χ1n) is 8.69. The van der Waals surface area contributed by atoms with Gasteiger partial charge in [0, 0.05) is 29.4 Å². The quantitative estimate of drug-likeness (QED) is 0.319. The molecule has 0 aliphatic heterocycles. The number of hydrogen-bond donors (Lipinski definition) is 0. The highest BCUT2D eigenvalue weighted by molar-refractivity contribution is 8.02. The molecule has 0 heterocycles. The number of rotatable bonds is 6. The average molecular weight is 403 g/mol. The predicted molar refractivity (Wildman–Crippen MR) is 118 cm³/mol. The first-order valence-corrected chi connectivity index (χ1v) is 11.1. The van der Waals surface area contributed by atoms with Crippen LogP contribution in [0, 0.1) is 0 Å². The van der Waals surface area contributed by atoms with Crippen LogP contribution in [0.5, 0.6) is 0 Å². The monoisotopic (exact) mass is 402 g/mol. The summed E-state index contributed by atoms with van der Waals surface area (Å²) in [5.41, 5.74) is 0. The first kappa shape index (κ1) is 18.3. The SMILES string of the molecule is c1ccc(Sc2ccc(Sc3ccccc3Sc3ccccc3)cc2)cc1. The van der Waals surface area contributed by atoms with Gasteiger partial charge in [0.1, 0.15) is 0 Å². The Morgan fingerprint density at radius 3 is 1.11 bits per heavy atom. The van der Waals surface area contributed by atoms with E-state index in [9.17, 15) is 0 Å². The van der Waals surface area contributed by atoms with Crippen molar-refractivity contribution in [1.29, 1.82) is 0 Å². The lowest BCUT2D eigenvalue weighted by atomic mass is 10.4. The van der Waals surface area contributed by atoms with Gasteiger partial charge >= 0.3 is 0 Å². The van der Waals surface area contributed by atoms with Crippen LogP contribution in [0.25, 0.3) is 0 Å². The van der Waals surface area contributed by atoms with Gasteiger partial charge < -0.3 is 0 Å². The van der Waals surface area contributed by atoms with E-state index in [4.69, 9.17) is 0 Å². The molecule has 27 heavy (non-hydrogen) atoms. The molecule has 0 saturated heterocycles. The van der Waals surface area contributed by atoms with Crippen LogP contribution < -0.4 is 0 Å². The van der Waals surface area contributed by atoms with E-state index in [1.165, 1.54) is 29.4 Å². The van der Waals surface area contributed by atoms with E-state index < -0.39 is 0 Å². The third-order valence-corrected chi connectivity index (χ3v) is 7.16. The zero-order valence-electron chi connectivity index (χ0n) is 14.6. The maximum atomic E-state index is 2.21. The molecule has 0 aliphatic rings. The van der Waals surface area contributed by atoms with Crippen LogP contribution in [0.1, 0.15) is 0 Å². The van der Waals surface area contributed by atoms with E-state index in [2.05, 4.69) is 109 Å². The van der Waals surface area contributed by atoms with Crippen LogP contribution in [0.4, 0.5) is 0 Å². The molecule has 0 radical (unpaired) electrons. The van der Waals surface area contributed by atoms with Gasteiger partial charge in [0.15, 0.2) is 0 Å². The Hall–Kier alpha value is -2.07. The predicted octanol–water partition coefficient (Wildman–Crippen LogP) is 8.14. The normalized spacial score (nSPS) is 10.7. The first-order chi connectivity index (χ1) is 13.4. The lowest BCUT2D eigenvalue weighted by Gasteiger charge is -2.09. The van der Waals surface area contributed by atoms with E-state index in [-0.39, 0.29) is 0 Å². The molecule has 4 aromatic rings. The molecule has 0 spiro atoms.